The first kappa shape index (κ1) is 18.4. The molecule has 0 spiro atoms. The lowest BCUT2D eigenvalue weighted by molar-refractivity contribution is -0.140. The van der Waals surface area contributed by atoms with E-state index in [0.717, 1.165) is 11.3 Å². The molecular formula is C19H20FNO4. The highest BCUT2D eigenvalue weighted by molar-refractivity contribution is 5.94. The number of methoxy groups -OCH3 is 2. The first-order chi connectivity index (χ1) is 12.0. The number of amides is 1. The molecule has 0 aromatic heterocycles. The zero-order valence-corrected chi connectivity index (χ0v) is 14.2. The molecule has 0 aliphatic carbocycles. The van der Waals surface area contributed by atoms with E-state index in [2.05, 4.69) is 4.74 Å². The van der Waals surface area contributed by atoms with Crippen LogP contribution in [0.4, 0.5) is 4.39 Å². The van der Waals surface area contributed by atoms with Gasteiger partial charge in [-0.1, -0.05) is 12.1 Å². The Bertz CT molecular complexity index is 713. The molecule has 0 fully saturated rings. The number of halogens is 1. The molecule has 0 unspecified atom stereocenters. The van der Waals surface area contributed by atoms with Crippen molar-refractivity contribution in [1.29, 1.82) is 0 Å². The number of benzene rings is 2. The summed E-state index contributed by atoms with van der Waals surface area (Å²) in [5, 5.41) is 0. The van der Waals surface area contributed by atoms with Crippen LogP contribution < -0.4 is 4.74 Å². The molecule has 0 aliphatic heterocycles. The number of esters is 1. The summed E-state index contributed by atoms with van der Waals surface area (Å²) in [6.07, 6.45) is 0.0829. The van der Waals surface area contributed by atoms with Gasteiger partial charge in [-0.05, 0) is 42.0 Å². The van der Waals surface area contributed by atoms with Crippen LogP contribution in [0.15, 0.2) is 48.5 Å². The lowest BCUT2D eigenvalue weighted by Gasteiger charge is -2.22. The molecule has 2 rings (SSSR count). The third-order valence-corrected chi connectivity index (χ3v) is 3.72. The summed E-state index contributed by atoms with van der Waals surface area (Å²) in [4.78, 5) is 25.7. The molecule has 0 heterocycles. The highest BCUT2D eigenvalue weighted by Gasteiger charge is 2.18. The summed E-state index contributed by atoms with van der Waals surface area (Å²) in [5.41, 5.74) is 1.25. The minimum atomic E-state index is -0.409. The van der Waals surface area contributed by atoms with Crippen LogP contribution >= 0.6 is 0 Å². The number of carbonyl (C=O) groups is 2. The number of hydrogen-bond acceptors (Lipinski definition) is 4. The zero-order valence-electron chi connectivity index (χ0n) is 14.2. The van der Waals surface area contributed by atoms with Crippen LogP contribution in [0.3, 0.4) is 0 Å². The SMILES string of the molecule is COC(=O)CCN(Cc1ccc(OC)cc1)C(=O)c1ccc(F)cc1. The molecule has 132 valence electrons. The van der Waals surface area contributed by atoms with E-state index in [1.165, 1.54) is 36.3 Å². The van der Waals surface area contributed by atoms with Crippen molar-refractivity contribution in [3.8, 4) is 5.75 Å². The fourth-order valence-corrected chi connectivity index (χ4v) is 2.31. The second kappa shape index (κ2) is 8.82. The maximum absolute atomic E-state index is 13.1. The van der Waals surface area contributed by atoms with E-state index in [9.17, 15) is 14.0 Å². The topological polar surface area (TPSA) is 55.8 Å². The second-order valence-corrected chi connectivity index (χ2v) is 5.41. The Balaban J connectivity index is 2.17. The summed E-state index contributed by atoms with van der Waals surface area (Å²) in [7, 11) is 2.88. The van der Waals surface area contributed by atoms with E-state index in [1.54, 1.807) is 19.2 Å². The van der Waals surface area contributed by atoms with E-state index < -0.39 is 11.8 Å². The van der Waals surface area contributed by atoms with Crippen molar-refractivity contribution >= 4 is 11.9 Å². The van der Waals surface area contributed by atoms with Crippen LogP contribution in [0.2, 0.25) is 0 Å². The predicted octanol–water partition coefficient (Wildman–Crippen LogP) is 3.04. The van der Waals surface area contributed by atoms with Crippen molar-refractivity contribution < 1.29 is 23.5 Å². The van der Waals surface area contributed by atoms with Crippen LogP contribution in [0, 0.1) is 5.82 Å². The molecule has 0 saturated carbocycles. The van der Waals surface area contributed by atoms with Crippen molar-refractivity contribution in [2.24, 2.45) is 0 Å². The summed E-state index contributed by atoms with van der Waals surface area (Å²) in [6.45, 7) is 0.520. The number of hydrogen-bond donors (Lipinski definition) is 0. The van der Waals surface area contributed by atoms with Gasteiger partial charge in [-0.15, -0.1) is 0 Å². The van der Waals surface area contributed by atoms with E-state index in [4.69, 9.17) is 4.74 Å². The third-order valence-electron chi connectivity index (χ3n) is 3.72. The normalized spacial score (nSPS) is 10.2. The van der Waals surface area contributed by atoms with Gasteiger partial charge in [-0.2, -0.15) is 0 Å². The summed E-state index contributed by atoms with van der Waals surface area (Å²) < 4.78 is 22.8. The molecule has 25 heavy (non-hydrogen) atoms. The van der Waals surface area contributed by atoms with Crippen molar-refractivity contribution in [2.75, 3.05) is 20.8 Å². The van der Waals surface area contributed by atoms with Crippen LogP contribution in [-0.4, -0.2) is 37.5 Å². The smallest absolute Gasteiger partial charge is 0.307 e. The number of carbonyl (C=O) groups excluding carboxylic acids is 2. The molecule has 0 aliphatic rings. The highest BCUT2D eigenvalue weighted by atomic mass is 19.1. The van der Waals surface area contributed by atoms with Gasteiger partial charge in [0.25, 0.3) is 5.91 Å². The monoisotopic (exact) mass is 345 g/mol. The van der Waals surface area contributed by atoms with Gasteiger partial charge in [0.2, 0.25) is 0 Å². The van der Waals surface area contributed by atoms with Crippen LogP contribution in [0.1, 0.15) is 22.3 Å². The fourth-order valence-electron chi connectivity index (χ4n) is 2.31. The Morgan fingerprint density at radius 3 is 2.20 bits per heavy atom. The van der Waals surface area contributed by atoms with Crippen LogP contribution in [0.25, 0.3) is 0 Å². The molecule has 0 bridgehead atoms. The molecule has 2 aromatic carbocycles. The molecule has 0 N–H and O–H groups in total. The molecule has 5 nitrogen and oxygen atoms in total. The van der Waals surface area contributed by atoms with Gasteiger partial charge in [0.05, 0.1) is 20.6 Å². The number of ether oxygens (including phenoxy) is 2. The zero-order chi connectivity index (χ0) is 18.2. The molecule has 0 radical (unpaired) electrons. The minimum Gasteiger partial charge on any atom is -0.497 e. The molecule has 6 heteroatoms. The molecule has 2 aromatic rings. The van der Waals surface area contributed by atoms with E-state index in [0.29, 0.717) is 12.1 Å². The summed E-state index contributed by atoms with van der Waals surface area (Å²) in [5.74, 6) is -0.367. The molecule has 0 saturated heterocycles. The minimum absolute atomic E-state index is 0.0829. The predicted molar refractivity (Wildman–Crippen MR) is 90.8 cm³/mol. The van der Waals surface area contributed by atoms with Crippen molar-refractivity contribution in [3.63, 3.8) is 0 Å². The molecule has 0 atom stereocenters. The van der Waals surface area contributed by atoms with Crippen molar-refractivity contribution in [2.45, 2.75) is 13.0 Å². The van der Waals surface area contributed by atoms with Crippen molar-refractivity contribution in [3.05, 3.63) is 65.5 Å². The Morgan fingerprint density at radius 1 is 1.00 bits per heavy atom. The third kappa shape index (κ3) is 5.31. The Kier molecular flexibility index (Phi) is 6.51. The van der Waals surface area contributed by atoms with Crippen LogP contribution in [-0.2, 0) is 16.1 Å². The maximum atomic E-state index is 13.1. The van der Waals surface area contributed by atoms with E-state index in [1.807, 2.05) is 12.1 Å². The largest absolute Gasteiger partial charge is 0.497 e. The van der Waals surface area contributed by atoms with Gasteiger partial charge in [-0.25, -0.2) is 4.39 Å². The lowest BCUT2D eigenvalue weighted by Crippen LogP contribution is -2.32. The van der Waals surface area contributed by atoms with Gasteiger partial charge in [0.15, 0.2) is 0 Å². The Morgan fingerprint density at radius 2 is 1.64 bits per heavy atom. The van der Waals surface area contributed by atoms with Gasteiger partial charge in [0.1, 0.15) is 11.6 Å². The highest BCUT2D eigenvalue weighted by Crippen LogP contribution is 2.15. The Hall–Kier alpha value is -2.89. The first-order valence-corrected chi connectivity index (χ1v) is 7.78. The molecular weight excluding hydrogens is 325 g/mol. The quantitative estimate of drug-likeness (QED) is 0.724. The van der Waals surface area contributed by atoms with Gasteiger partial charge in [-0.3, -0.25) is 9.59 Å². The lowest BCUT2D eigenvalue weighted by atomic mass is 10.1. The average Bonchev–Trinajstić information content (AvgIpc) is 2.65. The summed E-state index contributed by atoms with van der Waals surface area (Å²) in [6, 6.07) is 12.6. The van der Waals surface area contributed by atoms with E-state index >= 15 is 0 Å². The van der Waals surface area contributed by atoms with Gasteiger partial charge < -0.3 is 14.4 Å². The first-order valence-electron chi connectivity index (χ1n) is 7.78. The Labute approximate surface area is 146 Å². The van der Waals surface area contributed by atoms with Crippen molar-refractivity contribution in [1.82, 2.24) is 4.90 Å². The number of nitrogens with zero attached hydrogens (tertiary/aromatic N) is 1. The fraction of sp³-hybridized carbons (Fsp3) is 0.263. The van der Waals surface area contributed by atoms with Gasteiger partial charge in [0, 0.05) is 18.7 Å². The van der Waals surface area contributed by atoms with Gasteiger partial charge >= 0.3 is 5.97 Å². The molecule has 1 amide bonds. The maximum Gasteiger partial charge on any atom is 0.307 e. The second-order valence-electron chi connectivity index (χ2n) is 5.41. The standard InChI is InChI=1S/C19H20FNO4/c1-24-17-9-3-14(4-10-17)13-21(12-11-18(22)25-2)19(23)15-5-7-16(20)8-6-15/h3-10H,11-13H2,1-2H3. The average molecular weight is 345 g/mol. The van der Waals surface area contributed by atoms with E-state index in [-0.39, 0.29) is 18.9 Å². The van der Waals surface area contributed by atoms with Crippen LogP contribution in [0.5, 0.6) is 5.75 Å². The summed E-state index contributed by atoms with van der Waals surface area (Å²) >= 11 is 0. The number of rotatable bonds is 7.